The number of rotatable bonds is 7. The Bertz CT molecular complexity index is 1420. The van der Waals surface area contributed by atoms with Gasteiger partial charge in [0.2, 0.25) is 0 Å². The lowest BCUT2D eigenvalue weighted by Gasteiger charge is -2.19. The highest BCUT2D eigenvalue weighted by atomic mass is 79.9. The summed E-state index contributed by atoms with van der Waals surface area (Å²) in [7, 11) is 1.27. The van der Waals surface area contributed by atoms with Crippen LogP contribution in [0.5, 0.6) is 5.75 Å². The molecule has 1 aliphatic rings. The van der Waals surface area contributed by atoms with Crippen molar-refractivity contribution in [3.63, 3.8) is 0 Å². The molecule has 11 heteroatoms. The minimum absolute atomic E-state index is 0.136. The van der Waals surface area contributed by atoms with E-state index >= 15 is 0 Å². The summed E-state index contributed by atoms with van der Waals surface area (Å²) in [5.41, 5.74) is 2.11. The third-order valence-electron chi connectivity index (χ3n) is 5.38. The number of thiocarbonyl (C=S) groups is 1. The van der Waals surface area contributed by atoms with Crippen LogP contribution in [0.4, 0.5) is 5.69 Å². The van der Waals surface area contributed by atoms with Gasteiger partial charge in [-0.2, -0.15) is 0 Å². The number of halogens is 4. The van der Waals surface area contributed by atoms with Gasteiger partial charge in [-0.05, 0) is 78.5 Å². The first kappa shape index (κ1) is 27.4. The van der Waals surface area contributed by atoms with Crippen LogP contribution in [0.2, 0.25) is 15.1 Å². The van der Waals surface area contributed by atoms with E-state index in [9.17, 15) is 9.59 Å². The van der Waals surface area contributed by atoms with Crippen LogP contribution in [0.1, 0.15) is 11.1 Å². The number of ether oxygens (including phenoxy) is 2. The van der Waals surface area contributed by atoms with Crippen molar-refractivity contribution in [1.29, 1.82) is 0 Å². The second-order valence-corrected chi connectivity index (χ2v) is 10.3. The highest BCUT2D eigenvalue weighted by Gasteiger charge is 2.40. The molecule has 1 fully saturated rings. The van der Waals surface area contributed by atoms with E-state index in [0.29, 0.717) is 32.1 Å². The fourth-order valence-electron chi connectivity index (χ4n) is 3.55. The Kier molecular flexibility index (Phi) is 8.77. The maximum Gasteiger partial charge on any atom is 0.325 e. The summed E-state index contributed by atoms with van der Waals surface area (Å²) in [6.07, 6.45) is 1.63. The monoisotopic (exact) mass is 638 g/mol. The lowest BCUT2D eigenvalue weighted by Crippen LogP contribution is -2.35. The normalized spacial score (nSPS) is 14.5. The Labute approximate surface area is 242 Å². The van der Waals surface area contributed by atoms with Crippen molar-refractivity contribution in [3.8, 4) is 5.75 Å². The molecule has 0 spiro atoms. The molecule has 0 aliphatic carbocycles. The number of methoxy groups -OCH3 is 1. The predicted octanol–water partition coefficient (Wildman–Crippen LogP) is 7.14. The van der Waals surface area contributed by atoms with Crippen LogP contribution in [-0.4, -0.2) is 35.5 Å². The summed E-state index contributed by atoms with van der Waals surface area (Å²) < 4.78 is 11.7. The van der Waals surface area contributed by atoms with Gasteiger partial charge in [-0.15, -0.1) is 0 Å². The fraction of sp³-hybridized carbons (Fsp3) is 0.115. The molecule has 1 aliphatic heterocycles. The second-order valence-electron chi connectivity index (χ2n) is 7.81. The number of nitrogens with zero attached hydrogens (tertiary/aromatic N) is 2. The van der Waals surface area contributed by atoms with Crippen molar-refractivity contribution in [3.05, 3.63) is 97.0 Å². The van der Waals surface area contributed by atoms with Gasteiger partial charge >= 0.3 is 5.97 Å². The van der Waals surface area contributed by atoms with Crippen molar-refractivity contribution in [2.24, 2.45) is 0 Å². The average molecular weight is 641 g/mol. The van der Waals surface area contributed by atoms with E-state index in [0.717, 1.165) is 10.0 Å². The zero-order valence-corrected chi connectivity index (χ0v) is 23.9. The Morgan fingerprint density at radius 2 is 1.76 bits per heavy atom. The quantitative estimate of drug-likeness (QED) is 0.156. The number of carbonyl (C=O) groups excluding carboxylic acids is 2. The van der Waals surface area contributed by atoms with Crippen LogP contribution >= 0.6 is 63.0 Å². The summed E-state index contributed by atoms with van der Waals surface area (Å²) in [5.74, 6) is -0.459. The molecule has 1 saturated heterocycles. The molecule has 0 radical (unpaired) electrons. The average Bonchev–Trinajstić information content (AvgIpc) is 3.10. The Morgan fingerprint density at radius 1 is 1.03 bits per heavy atom. The number of benzene rings is 3. The van der Waals surface area contributed by atoms with Gasteiger partial charge in [-0.25, -0.2) is 0 Å². The third kappa shape index (κ3) is 6.27. The maximum absolute atomic E-state index is 13.6. The molecule has 0 N–H and O–H groups in total. The summed E-state index contributed by atoms with van der Waals surface area (Å²) in [4.78, 5) is 28.6. The van der Waals surface area contributed by atoms with E-state index in [4.69, 9.17) is 56.5 Å². The molecule has 1 amide bonds. The highest BCUT2D eigenvalue weighted by molar-refractivity contribution is 9.10. The third-order valence-corrected chi connectivity index (χ3v) is 7.26. The number of carbonyl (C=O) groups is 2. The van der Waals surface area contributed by atoms with Crippen molar-refractivity contribution < 1.29 is 19.1 Å². The zero-order chi connectivity index (χ0) is 26.7. The van der Waals surface area contributed by atoms with Crippen molar-refractivity contribution in [2.45, 2.75) is 6.61 Å². The Hall–Kier alpha value is -2.62. The van der Waals surface area contributed by atoms with Crippen LogP contribution < -0.4 is 9.64 Å². The zero-order valence-electron chi connectivity index (χ0n) is 19.2. The molecule has 3 aromatic carbocycles. The topological polar surface area (TPSA) is 59.1 Å². The molecular formula is C26H18BrCl3N2O4S. The Morgan fingerprint density at radius 3 is 2.43 bits per heavy atom. The SMILES string of the molecule is COC(=O)CN1C(=S)N(c2ccc(Cl)cc2)C(=O)/C1=C/c1cc(Br)ccc1OCc1ccc(Cl)c(Cl)c1. The highest BCUT2D eigenvalue weighted by Crippen LogP contribution is 2.33. The lowest BCUT2D eigenvalue weighted by atomic mass is 10.1. The molecule has 190 valence electrons. The van der Waals surface area contributed by atoms with Gasteiger partial charge in [-0.3, -0.25) is 14.5 Å². The lowest BCUT2D eigenvalue weighted by molar-refractivity contribution is -0.140. The van der Waals surface area contributed by atoms with Crippen molar-refractivity contribution in [2.75, 3.05) is 18.6 Å². The van der Waals surface area contributed by atoms with E-state index < -0.39 is 11.9 Å². The van der Waals surface area contributed by atoms with E-state index in [1.165, 1.54) is 16.9 Å². The standard InChI is InChI=1S/C26H18BrCl3N2O4S/c1-35-24(33)13-31-22(25(34)32(26(31)37)19-6-4-18(28)5-7-19)12-16-11-17(27)3-9-23(16)36-14-15-2-8-20(29)21(30)10-15/h2-12H,13-14H2,1H3/b22-12-. The first-order chi connectivity index (χ1) is 17.7. The van der Waals surface area contributed by atoms with E-state index in [2.05, 4.69) is 15.9 Å². The number of hydrogen-bond acceptors (Lipinski definition) is 5. The van der Waals surface area contributed by atoms with Crippen LogP contribution in [0.15, 0.2) is 70.8 Å². The Balaban J connectivity index is 1.71. The van der Waals surface area contributed by atoms with Crippen LogP contribution in [0, 0.1) is 0 Å². The minimum Gasteiger partial charge on any atom is -0.488 e. The number of anilines is 1. The van der Waals surface area contributed by atoms with E-state index in [1.54, 1.807) is 54.6 Å². The number of esters is 1. The van der Waals surface area contributed by atoms with Gasteiger partial charge in [0.05, 0.1) is 22.8 Å². The molecule has 6 nitrogen and oxygen atoms in total. The first-order valence-corrected chi connectivity index (χ1v) is 13.1. The maximum atomic E-state index is 13.6. The first-order valence-electron chi connectivity index (χ1n) is 10.7. The van der Waals surface area contributed by atoms with Crippen LogP contribution in [0.3, 0.4) is 0 Å². The largest absolute Gasteiger partial charge is 0.488 e. The molecule has 3 aromatic rings. The van der Waals surface area contributed by atoms with E-state index in [1.807, 2.05) is 12.1 Å². The number of hydrogen-bond donors (Lipinski definition) is 0. The summed E-state index contributed by atoms with van der Waals surface area (Å²) in [5, 5.41) is 1.52. The van der Waals surface area contributed by atoms with Gasteiger partial charge in [0, 0.05) is 15.1 Å². The number of amides is 1. The van der Waals surface area contributed by atoms with E-state index in [-0.39, 0.29) is 24.0 Å². The van der Waals surface area contributed by atoms with Crippen LogP contribution in [-0.2, 0) is 20.9 Å². The molecule has 0 saturated carbocycles. The predicted molar refractivity (Wildman–Crippen MR) is 153 cm³/mol. The van der Waals surface area contributed by atoms with Crippen LogP contribution in [0.25, 0.3) is 6.08 Å². The molecule has 0 atom stereocenters. The summed E-state index contributed by atoms with van der Waals surface area (Å²) >= 11 is 27.2. The van der Waals surface area contributed by atoms with Gasteiger partial charge < -0.3 is 14.4 Å². The molecule has 1 heterocycles. The molecule has 37 heavy (non-hydrogen) atoms. The smallest absolute Gasteiger partial charge is 0.325 e. The summed E-state index contributed by atoms with van der Waals surface area (Å²) in [6.45, 7) is -0.0334. The van der Waals surface area contributed by atoms with Crippen molar-refractivity contribution in [1.82, 2.24) is 4.90 Å². The van der Waals surface area contributed by atoms with Gasteiger partial charge in [0.1, 0.15) is 24.6 Å². The molecule has 0 bridgehead atoms. The van der Waals surface area contributed by atoms with Crippen molar-refractivity contribution >= 4 is 91.7 Å². The second kappa shape index (κ2) is 11.8. The molecule has 4 rings (SSSR count). The molecule has 0 unspecified atom stereocenters. The van der Waals surface area contributed by atoms with Gasteiger partial charge in [-0.1, -0.05) is 56.8 Å². The molecule has 0 aromatic heterocycles. The minimum atomic E-state index is -0.552. The summed E-state index contributed by atoms with van der Waals surface area (Å²) in [6, 6.07) is 17.3. The van der Waals surface area contributed by atoms with Gasteiger partial charge in [0.25, 0.3) is 5.91 Å². The van der Waals surface area contributed by atoms with Gasteiger partial charge in [0.15, 0.2) is 5.11 Å². The molecular weight excluding hydrogens is 623 g/mol. The fourth-order valence-corrected chi connectivity index (χ4v) is 4.72.